The lowest BCUT2D eigenvalue weighted by molar-refractivity contribution is 0.299. The third-order valence-electron chi connectivity index (χ3n) is 4.71. The minimum Gasteiger partial charge on any atom is -0.207 e. The van der Waals surface area contributed by atoms with Crippen molar-refractivity contribution in [3.8, 4) is 6.07 Å². The molecule has 0 saturated heterocycles. The van der Waals surface area contributed by atoms with Crippen LogP contribution in [0.1, 0.15) is 75.3 Å². The molecule has 0 unspecified atom stereocenters. The normalized spacial score (nSPS) is 22.0. The summed E-state index contributed by atoms with van der Waals surface area (Å²) in [7, 11) is 0. The van der Waals surface area contributed by atoms with Gasteiger partial charge in [0.15, 0.2) is 0 Å². The van der Waals surface area contributed by atoms with Gasteiger partial charge in [-0.05, 0) is 55.2 Å². The van der Waals surface area contributed by atoms with Gasteiger partial charge in [0.2, 0.25) is 0 Å². The van der Waals surface area contributed by atoms with Gasteiger partial charge in [-0.1, -0.05) is 32.6 Å². The number of unbranched alkanes of at least 4 members (excludes halogenated alkanes) is 2. The number of benzene rings is 1. The first kappa shape index (κ1) is 15.9. The summed E-state index contributed by atoms with van der Waals surface area (Å²) in [6, 6.07) is 3.96. The van der Waals surface area contributed by atoms with E-state index in [2.05, 4.69) is 6.92 Å². The van der Waals surface area contributed by atoms with Gasteiger partial charge in [0, 0.05) is 0 Å². The summed E-state index contributed by atoms with van der Waals surface area (Å²) in [4.78, 5) is 0. The van der Waals surface area contributed by atoms with E-state index in [1.54, 1.807) is 6.07 Å². The van der Waals surface area contributed by atoms with Crippen LogP contribution < -0.4 is 0 Å². The Kier molecular flexibility index (Phi) is 5.73. The van der Waals surface area contributed by atoms with Crippen LogP contribution in [0.15, 0.2) is 12.1 Å². The van der Waals surface area contributed by atoms with Crippen LogP contribution >= 0.6 is 0 Å². The molecule has 0 radical (unpaired) electrons. The molecule has 1 aliphatic carbocycles. The predicted octanol–water partition coefficient (Wildman–Crippen LogP) is 5.69. The van der Waals surface area contributed by atoms with Crippen LogP contribution in [0.4, 0.5) is 8.78 Å². The van der Waals surface area contributed by atoms with E-state index in [0.717, 1.165) is 37.7 Å². The zero-order valence-electron chi connectivity index (χ0n) is 12.7. The first-order valence-corrected chi connectivity index (χ1v) is 8.04. The lowest BCUT2D eigenvalue weighted by Gasteiger charge is -2.29. The fraction of sp³-hybridized carbons (Fsp3) is 0.611. The third-order valence-corrected chi connectivity index (χ3v) is 4.71. The molecule has 0 amide bonds. The molecular weight excluding hydrogens is 268 g/mol. The summed E-state index contributed by atoms with van der Waals surface area (Å²) >= 11 is 0. The van der Waals surface area contributed by atoms with Gasteiger partial charge in [-0.15, -0.1) is 0 Å². The maximum atomic E-state index is 14.0. The molecule has 0 heterocycles. The molecule has 1 nitrogen and oxygen atoms in total. The summed E-state index contributed by atoms with van der Waals surface area (Å²) in [5, 5.41) is 8.72. The SMILES string of the molecule is CCCCCC1CCC(c2cc(F)c(C#N)cc2F)CC1. The molecule has 0 atom stereocenters. The molecular formula is C18H23F2N. The highest BCUT2D eigenvalue weighted by Crippen LogP contribution is 2.39. The van der Waals surface area contributed by atoms with E-state index in [4.69, 9.17) is 5.26 Å². The molecule has 2 rings (SSSR count). The second-order valence-corrected chi connectivity index (χ2v) is 6.18. The highest BCUT2D eigenvalue weighted by molar-refractivity contribution is 5.36. The van der Waals surface area contributed by atoms with Crippen LogP contribution in [-0.4, -0.2) is 0 Å². The van der Waals surface area contributed by atoms with Crippen LogP contribution in [0.3, 0.4) is 0 Å². The van der Waals surface area contributed by atoms with Crippen LogP contribution in [0.25, 0.3) is 0 Å². The number of nitriles is 1. The molecule has 0 N–H and O–H groups in total. The summed E-state index contributed by atoms with van der Waals surface area (Å²) < 4.78 is 27.7. The van der Waals surface area contributed by atoms with Gasteiger partial charge in [0.25, 0.3) is 0 Å². The second-order valence-electron chi connectivity index (χ2n) is 6.18. The Bertz CT molecular complexity index is 511. The Balaban J connectivity index is 1.96. The van der Waals surface area contributed by atoms with Crippen molar-refractivity contribution >= 4 is 0 Å². The summed E-state index contributed by atoms with van der Waals surface area (Å²) in [6.45, 7) is 2.21. The molecule has 0 aromatic heterocycles. The molecule has 0 spiro atoms. The lowest BCUT2D eigenvalue weighted by atomic mass is 9.76. The van der Waals surface area contributed by atoms with Crippen molar-refractivity contribution in [1.29, 1.82) is 5.26 Å². The van der Waals surface area contributed by atoms with Crippen molar-refractivity contribution in [2.75, 3.05) is 0 Å². The zero-order chi connectivity index (χ0) is 15.2. The fourth-order valence-corrected chi connectivity index (χ4v) is 3.41. The van der Waals surface area contributed by atoms with Crippen LogP contribution in [-0.2, 0) is 0 Å². The van der Waals surface area contributed by atoms with E-state index in [1.165, 1.54) is 31.7 Å². The second kappa shape index (κ2) is 7.54. The molecule has 21 heavy (non-hydrogen) atoms. The Labute approximate surface area is 126 Å². The standard InChI is InChI=1S/C18H23F2N/c1-2-3-4-5-13-6-8-14(9-7-13)16-11-17(19)15(12-21)10-18(16)20/h10-11,13-14H,2-9H2,1H3. The van der Waals surface area contributed by atoms with Gasteiger partial charge in [-0.2, -0.15) is 5.26 Å². The van der Waals surface area contributed by atoms with Gasteiger partial charge < -0.3 is 0 Å². The Morgan fingerprint density at radius 3 is 2.43 bits per heavy atom. The number of halogens is 2. The first-order chi connectivity index (χ1) is 10.2. The van der Waals surface area contributed by atoms with Gasteiger partial charge in [-0.25, -0.2) is 8.78 Å². The number of nitrogens with zero attached hydrogens (tertiary/aromatic N) is 1. The van der Waals surface area contributed by atoms with Gasteiger partial charge >= 0.3 is 0 Å². The highest BCUT2D eigenvalue weighted by atomic mass is 19.1. The minimum atomic E-state index is -0.598. The van der Waals surface area contributed by atoms with E-state index < -0.39 is 11.6 Å². The fourth-order valence-electron chi connectivity index (χ4n) is 3.41. The van der Waals surface area contributed by atoms with Crippen LogP contribution in [0.2, 0.25) is 0 Å². The molecule has 1 saturated carbocycles. The molecule has 114 valence electrons. The number of rotatable bonds is 5. The first-order valence-electron chi connectivity index (χ1n) is 8.04. The van der Waals surface area contributed by atoms with Crippen molar-refractivity contribution < 1.29 is 8.78 Å². The Morgan fingerprint density at radius 1 is 1.10 bits per heavy atom. The maximum absolute atomic E-state index is 14.0. The minimum absolute atomic E-state index is 0.106. The van der Waals surface area contributed by atoms with Crippen molar-refractivity contribution in [1.82, 2.24) is 0 Å². The van der Waals surface area contributed by atoms with E-state index in [9.17, 15) is 8.78 Å². The molecule has 1 aromatic carbocycles. The monoisotopic (exact) mass is 291 g/mol. The maximum Gasteiger partial charge on any atom is 0.141 e. The van der Waals surface area contributed by atoms with Gasteiger partial charge in [0.05, 0.1) is 5.56 Å². The number of hydrogen-bond acceptors (Lipinski definition) is 1. The van der Waals surface area contributed by atoms with Crippen molar-refractivity contribution in [3.63, 3.8) is 0 Å². The molecule has 3 heteroatoms. The average Bonchev–Trinajstić information content (AvgIpc) is 2.50. The summed E-state index contributed by atoms with van der Waals surface area (Å²) in [5.41, 5.74) is 0.253. The summed E-state index contributed by atoms with van der Waals surface area (Å²) in [5.74, 6) is -0.171. The summed E-state index contributed by atoms with van der Waals surface area (Å²) in [6.07, 6.45) is 9.15. The van der Waals surface area contributed by atoms with Gasteiger partial charge in [-0.3, -0.25) is 0 Å². The van der Waals surface area contributed by atoms with Crippen molar-refractivity contribution in [2.24, 2.45) is 5.92 Å². The smallest absolute Gasteiger partial charge is 0.141 e. The average molecular weight is 291 g/mol. The van der Waals surface area contributed by atoms with E-state index >= 15 is 0 Å². The molecule has 1 aliphatic rings. The molecule has 0 aliphatic heterocycles. The van der Waals surface area contributed by atoms with Crippen molar-refractivity contribution in [2.45, 2.75) is 64.2 Å². The zero-order valence-corrected chi connectivity index (χ0v) is 12.7. The molecule has 1 aromatic rings. The van der Waals surface area contributed by atoms with E-state index in [-0.39, 0.29) is 11.5 Å². The highest BCUT2D eigenvalue weighted by Gasteiger charge is 2.25. The Hall–Kier alpha value is -1.43. The van der Waals surface area contributed by atoms with E-state index in [1.807, 2.05) is 0 Å². The third kappa shape index (κ3) is 4.03. The van der Waals surface area contributed by atoms with Crippen LogP contribution in [0.5, 0.6) is 0 Å². The lowest BCUT2D eigenvalue weighted by Crippen LogP contribution is -2.15. The topological polar surface area (TPSA) is 23.8 Å². The van der Waals surface area contributed by atoms with Crippen molar-refractivity contribution in [3.05, 3.63) is 34.9 Å². The molecule has 0 bridgehead atoms. The van der Waals surface area contributed by atoms with E-state index in [0.29, 0.717) is 5.56 Å². The quantitative estimate of drug-likeness (QED) is 0.639. The van der Waals surface area contributed by atoms with Crippen LogP contribution in [0, 0.1) is 28.9 Å². The molecule has 1 fully saturated rings. The predicted molar refractivity (Wildman–Crippen MR) is 79.9 cm³/mol. The van der Waals surface area contributed by atoms with Gasteiger partial charge in [0.1, 0.15) is 17.7 Å². The number of hydrogen-bond donors (Lipinski definition) is 0. The largest absolute Gasteiger partial charge is 0.207 e. The Morgan fingerprint density at radius 2 is 1.81 bits per heavy atom.